The van der Waals surface area contributed by atoms with Crippen LogP contribution in [0.4, 0.5) is 5.69 Å². The SMILES string of the molecule is CCCNc1cc(C)ncc1C(=O)NCCc1cccs1. The molecule has 0 radical (unpaired) electrons. The summed E-state index contributed by atoms with van der Waals surface area (Å²) < 4.78 is 0. The van der Waals surface area contributed by atoms with Crippen LogP contribution < -0.4 is 10.6 Å². The molecule has 0 saturated carbocycles. The van der Waals surface area contributed by atoms with Crippen LogP contribution in [-0.4, -0.2) is 24.0 Å². The molecule has 4 nitrogen and oxygen atoms in total. The van der Waals surface area contributed by atoms with E-state index in [1.165, 1.54) is 4.88 Å². The van der Waals surface area contributed by atoms with E-state index < -0.39 is 0 Å². The Bertz CT molecular complexity index is 581. The molecule has 0 aliphatic carbocycles. The topological polar surface area (TPSA) is 54.0 Å². The lowest BCUT2D eigenvalue weighted by Gasteiger charge is -2.12. The average Bonchev–Trinajstić information content (AvgIpc) is 2.98. The maximum Gasteiger partial charge on any atom is 0.254 e. The van der Waals surface area contributed by atoms with Gasteiger partial charge in [-0.05, 0) is 37.3 Å². The molecule has 2 N–H and O–H groups in total. The third-order valence-corrected chi connectivity index (χ3v) is 4.02. The Balaban J connectivity index is 1.97. The molecule has 2 aromatic rings. The summed E-state index contributed by atoms with van der Waals surface area (Å²) in [4.78, 5) is 17.8. The molecule has 0 bridgehead atoms. The Morgan fingerprint density at radius 3 is 2.95 bits per heavy atom. The van der Waals surface area contributed by atoms with Gasteiger partial charge in [-0.2, -0.15) is 0 Å². The number of aromatic nitrogens is 1. The quantitative estimate of drug-likeness (QED) is 0.825. The van der Waals surface area contributed by atoms with Gasteiger partial charge in [0.15, 0.2) is 0 Å². The normalized spacial score (nSPS) is 10.4. The first-order valence-electron chi connectivity index (χ1n) is 7.21. The minimum absolute atomic E-state index is 0.0716. The molecule has 5 heteroatoms. The van der Waals surface area contributed by atoms with Gasteiger partial charge in [0.2, 0.25) is 0 Å². The molecular formula is C16H21N3OS. The Morgan fingerprint density at radius 1 is 1.38 bits per heavy atom. The fourth-order valence-electron chi connectivity index (χ4n) is 2.00. The minimum atomic E-state index is -0.0716. The highest BCUT2D eigenvalue weighted by atomic mass is 32.1. The van der Waals surface area contributed by atoms with E-state index in [-0.39, 0.29) is 5.91 Å². The lowest BCUT2D eigenvalue weighted by Crippen LogP contribution is -2.26. The van der Waals surface area contributed by atoms with Gasteiger partial charge < -0.3 is 10.6 Å². The molecule has 0 aromatic carbocycles. The van der Waals surface area contributed by atoms with Crippen LogP contribution in [0.15, 0.2) is 29.8 Å². The Kier molecular flexibility index (Phi) is 5.75. The number of carbonyl (C=O) groups excluding carboxylic acids is 1. The highest BCUT2D eigenvalue weighted by Crippen LogP contribution is 2.16. The molecule has 0 aliphatic heterocycles. The number of pyridine rings is 1. The Labute approximate surface area is 129 Å². The summed E-state index contributed by atoms with van der Waals surface area (Å²) in [6.45, 7) is 5.51. The maximum absolute atomic E-state index is 12.3. The summed E-state index contributed by atoms with van der Waals surface area (Å²) in [6, 6.07) is 6.03. The lowest BCUT2D eigenvalue weighted by atomic mass is 10.2. The van der Waals surface area contributed by atoms with E-state index in [0.29, 0.717) is 12.1 Å². The summed E-state index contributed by atoms with van der Waals surface area (Å²) in [5, 5.41) is 8.30. The van der Waals surface area contributed by atoms with E-state index in [9.17, 15) is 4.79 Å². The van der Waals surface area contributed by atoms with Crippen molar-refractivity contribution in [1.82, 2.24) is 10.3 Å². The number of carbonyl (C=O) groups is 1. The summed E-state index contributed by atoms with van der Waals surface area (Å²) >= 11 is 1.71. The van der Waals surface area contributed by atoms with Gasteiger partial charge in [0.25, 0.3) is 5.91 Å². The first kappa shape index (κ1) is 15.5. The van der Waals surface area contributed by atoms with Gasteiger partial charge in [0, 0.05) is 29.9 Å². The van der Waals surface area contributed by atoms with Gasteiger partial charge in [-0.25, -0.2) is 0 Å². The zero-order chi connectivity index (χ0) is 15.1. The highest BCUT2D eigenvalue weighted by Gasteiger charge is 2.11. The van der Waals surface area contributed by atoms with Gasteiger partial charge in [-0.1, -0.05) is 13.0 Å². The fraction of sp³-hybridized carbons (Fsp3) is 0.375. The number of thiophene rings is 1. The van der Waals surface area contributed by atoms with Crippen LogP contribution in [0, 0.1) is 6.92 Å². The summed E-state index contributed by atoms with van der Waals surface area (Å²) in [6.07, 6.45) is 3.52. The molecule has 0 unspecified atom stereocenters. The predicted molar refractivity (Wildman–Crippen MR) is 88.1 cm³/mol. The van der Waals surface area contributed by atoms with Crippen molar-refractivity contribution in [3.63, 3.8) is 0 Å². The molecule has 21 heavy (non-hydrogen) atoms. The minimum Gasteiger partial charge on any atom is -0.384 e. The molecule has 112 valence electrons. The molecule has 0 fully saturated rings. The van der Waals surface area contributed by atoms with Crippen LogP contribution >= 0.6 is 11.3 Å². The molecule has 1 amide bonds. The van der Waals surface area contributed by atoms with Crippen molar-refractivity contribution in [3.8, 4) is 0 Å². The second kappa shape index (κ2) is 7.78. The largest absolute Gasteiger partial charge is 0.384 e. The van der Waals surface area contributed by atoms with Crippen molar-refractivity contribution < 1.29 is 4.79 Å². The first-order chi connectivity index (χ1) is 10.2. The molecular weight excluding hydrogens is 282 g/mol. The monoisotopic (exact) mass is 303 g/mol. The molecule has 0 aliphatic rings. The predicted octanol–water partition coefficient (Wildman–Crippen LogP) is 3.25. The highest BCUT2D eigenvalue weighted by molar-refractivity contribution is 7.09. The van der Waals surface area contributed by atoms with Crippen molar-refractivity contribution in [2.75, 3.05) is 18.4 Å². The van der Waals surface area contributed by atoms with Crippen LogP contribution in [0.25, 0.3) is 0 Å². The van der Waals surface area contributed by atoms with E-state index in [4.69, 9.17) is 0 Å². The third-order valence-electron chi connectivity index (χ3n) is 3.09. The number of aryl methyl sites for hydroxylation is 1. The number of nitrogens with zero attached hydrogens (tertiary/aromatic N) is 1. The molecule has 0 atom stereocenters. The second-order valence-corrected chi connectivity index (χ2v) is 5.92. The maximum atomic E-state index is 12.3. The molecule has 2 rings (SSSR count). The van der Waals surface area contributed by atoms with Gasteiger partial charge in [0.05, 0.1) is 11.3 Å². The zero-order valence-corrected chi connectivity index (χ0v) is 13.3. The van der Waals surface area contributed by atoms with E-state index >= 15 is 0 Å². The number of rotatable bonds is 7. The lowest BCUT2D eigenvalue weighted by molar-refractivity contribution is 0.0954. The summed E-state index contributed by atoms with van der Waals surface area (Å²) in [5.41, 5.74) is 2.38. The Morgan fingerprint density at radius 2 is 2.24 bits per heavy atom. The summed E-state index contributed by atoms with van der Waals surface area (Å²) in [7, 11) is 0. The number of hydrogen-bond acceptors (Lipinski definition) is 4. The van der Waals surface area contributed by atoms with Crippen molar-refractivity contribution >= 4 is 22.9 Å². The van der Waals surface area contributed by atoms with Crippen molar-refractivity contribution in [1.29, 1.82) is 0 Å². The Hall–Kier alpha value is -1.88. The van der Waals surface area contributed by atoms with E-state index in [1.54, 1.807) is 17.5 Å². The van der Waals surface area contributed by atoms with Crippen LogP contribution in [0.2, 0.25) is 0 Å². The average molecular weight is 303 g/mol. The molecule has 2 heterocycles. The van der Waals surface area contributed by atoms with Crippen molar-refractivity contribution in [3.05, 3.63) is 45.9 Å². The van der Waals surface area contributed by atoms with E-state index in [0.717, 1.165) is 30.8 Å². The van der Waals surface area contributed by atoms with Gasteiger partial charge in [0.1, 0.15) is 0 Å². The number of anilines is 1. The standard InChI is InChI=1S/C16H21N3OS/c1-3-7-17-15-10-12(2)19-11-14(15)16(20)18-8-6-13-5-4-9-21-13/h4-5,9-11H,3,6-8H2,1-2H3,(H,17,19)(H,18,20). The van der Waals surface area contributed by atoms with Crippen LogP contribution in [-0.2, 0) is 6.42 Å². The van der Waals surface area contributed by atoms with Crippen molar-refractivity contribution in [2.24, 2.45) is 0 Å². The van der Waals surface area contributed by atoms with Gasteiger partial charge in [-0.3, -0.25) is 9.78 Å². The number of hydrogen-bond donors (Lipinski definition) is 2. The third kappa shape index (κ3) is 4.56. The first-order valence-corrected chi connectivity index (χ1v) is 8.09. The number of amides is 1. The van der Waals surface area contributed by atoms with Crippen LogP contribution in [0.1, 0.15) is 34.3 Å². The van der Waals surface area contributed by atoms with Crippen LogP contribution in [0.5, 0.6) is 0 Å². The van der Waals surface area contributed by atoms with Gasteiger partial charge >= 0.3 is 0 Å². The van der Waals surface area contributed by atoms with Crippen LogP contribution in [0.3, 0.4) is 0 Å². The summed E-state index contributed by atoms with van der Waals surface area (Å²) in [5.74, 6) is -0.0716. The zero-order valence-electron chi connectivity index (χ0n) is 12.5. The van der Waals surface area contributed by atoms with E-state index in [1.807, 2.05) is 24.4 Å². The number of nitrogens with one attached hydrogen (secondary N) is 2. The smallest absolute Gasteiger partial charge is 0.254 e. The van der Waals surface area contributed by atoms with Gasteiger partial charge in [-0.15, -0.1) is 11.3 Å². The second-order valence-electron chi connectivity index (χ2n) is 4.88. The molecule has 2 aromatic heterocycles. The molecule has 0 spiro atoms. The van der Waals surface area contributed by atoms with E-state index in [2.05, 4.69) is 28.6 Å². The molecule has 0 saturated heterocycles. The fourth-order valence-corrected chi connectivity index (χ4v) is 2.70. The van der Waals surface area contributed by atoms with Crippen molar-refractivity contribution in [2.45, 2.75) is 26.7 Å².